The molecular formula is C5H11ORb. The zero-order chi connectivity index (χ0) is 4.99. The summed E-state index contributed by atoms with van der Waals surface area (Å²) in [6.07, 6.45) is 0.997. The van der Waals surface area contributed by atoms with Gasteiger partial charge >= 0.3 is 58.2 Å². The van der Waals surface area contributed by atoms with Crippen molar-refractivity contribution >= 4 is 0 Å². The number of aliphatic hydroxyl groups is 1. The molecular weight excluding hydrogens is 162 g/mol. The van der Waals surface area contributed by atoms with E-state index in [-0.39, 0.29) is 64.8 Å². The molecule has 0 bridgehead atoms. The predicted octanol–water partition coefficient (Wildman–Crippen LogP) is -2.01. The van der Waals surface area contributed by atoms with Crippen molar-refractivity contribution < 1.29 is 63.3 Å². The molecule has 0 rings (SSSR count). The fourth-order valence-electron chi connectivity index (χ4n) is 0.112. The molecule has 0 atom stereocenters. The Morgan fingerprint density at radius 3 is 2.00 bits per heavy atom. The van der Waals surface area contributed by atoms with Gasteiger partial charge in [-0.3, -0.25) is 5.92 Å². The van der Waals surface area contributed by atoms with Crippen LogP contribution in [-0.2, 0) is 0 Å². The fourth-order valence-corrected chi connectivity index (χ4v) is 0.112. The van der Waals surface area contributed by atoms with Crippen LogP contribution in [0.1, 0.15) is 20.3 Å². The van der Waals surface area contributed by atoms with Gasteiger partial charge in [0.05, 0.1) is 0 Å². The third-order valence-corrected chi connectivity index (χ3v) is 0.873. The summed E-state index contributed by atoms with van der Waals surface area (Å²) in [5.74, 6) is 1.15. The van der Waals surface area contributed by atoms with Gasteiger partial charge < -0.3 is 5.11 Å². The molecule has 38 valence electrons. The molecule has 0 radical (unpaired) electrons. The smallest absolute Gasteiger partial charge is 0.428 e. The molecule has 0 saturated carbocycles. The van der Waals surface area contributed by atoms with Gasteiger partial charge in [-0.05, 0) is 0 Å². The van der Waals surface area contributed by atoms with E-state index in [0.29, 0.717) is 0 Å². The van der Waals surface area contributed by atoms with E-state index in [0.717, 1.165) is 12.3 Å². The number of hydrogen-bond acceptors (Lipinski definition) is 1. The van der Waals surface area contributed by atoms with Crippen LogP contribution in [0.2, 0.25) is 0 Å². The van der Waals surface area contributed by atoms with E-state index in [2.05, 4.69) is 0 Å². The van der Waals surface area contributed by atoms with Gasteiger partial charge in [-0.1, -0.05) is 13.5 Å². The van der Waals surface area contributed by atoms with Gasteiger partial charge in [-0.25, -0.2) is 0 Å². The topological polar surface area (TPSA) is 20.2 Å². The number of aliphatic hydroxyl groups excluding tert-OH is 1. The Morgan fingerprint density at radius 2 is 2.00 bits per heavy atom. The van der Waals surface area contributed by atoms with Crippen molar-refractivity contribution in [2.45, 2.75) is 20.3 Å². The standard InChI is InChI=1S/C5H11O.Rb/c1-3-5(2)4-6;/h6H,3-4H2,1-2H3;/q-1;+1. The minimum atomic E-state index is 0. The molecule has 0 fully saturated rings. The Hall–Kier alpha value is 1.77. The Kier molecular flexibility index (Phi) is 12.8. The minimum absolute atomic E-state index is 0. The molecule has 0 saturated heterocycles. The van der Waals surface area contributed by atoms with Crippen LogP contribution in [-0.4, -0.2) is 11.7 Å². The van der Waals surface area contributed by atoms with Crippen LogP contribution in [0.4, 0.5) is 0 Å². The zero-order valence-corrected chi connectivity index (χ0v) is 10.3. The molecule has 0 spiro atoms. The first-order valence-electron chi connectivity index (χ1n) is 2.23. The molecule has 0 aromatic heterocycles. The molecule has 0 aliphatic carbocycles. The molecule has 0 amide bonds. The molecule has 0 aliphatic rings. The quantitative estimate of drug-likeness (QED) is 0.478. The van der Waals surface area contributed by atoms with E-state index in [1.807, 2.05) is 13.8 Å². The van der Waals surface area contributed by atoms with Crippen LogP contribution in [0.3, 0.4) is 0 Å². The molecule has 1 N–H and O–H groups in total. The van der Waals surface area contributed by atoms with Gasteiger partial charge in [0, 0.05) is 0 Å². The van der Waals surface area contributed by atoms with Crippen molar-refractivity contribution in [3.05, 3.63) is 5.92 Å². The van der Waals surface area contributed by atoms with Crippen molar-refractivity contribution in [2.24, 2.45) is 0 Å². The monoisotopic (exact) mass is 172 g/mol. The molecule has 0 heterocycles. The molecule has 2 heteroatoms. The zero-order valence-electron chi connectivity index (χ0n) is 5.36. The minimum Gasteiger partial charge on any atom is -0.428 e. The molecule has 7 heavy (non-hydrogen) atoms. The molecule has 0 aromatic carbocycles. The summed E-state index contributed by atoms with van der Waals surface area (Å²) in [6.45, 7) is 4.22. The van der Waals surface area contributed by atoms with Gasteiger partial charge in [0.2, 0.25) is 0 Å². The average molecular weight is 173 g/mol. The van der Waals surface area contributed by atoms with Crippen molar-refractivity contribution in [1.82, 2.24) is 0 Å². The summed E-state index contributed by atoms with van der Waals surface area (Å²) in [5.41, 5.74) is 0. The van der Waals surface area contributed by atoms with E-state index in [1.54, 1.807) is 0 Å². The maximum absolute atomic E-state index is 8.30. The maximum Gasteiger partial charge on any atom is 1.00 e. The van der Waals surface area contributed by atoms with Crippen molar-refractivity contribution in [3.8, 4) is 0 Å². The molecule has 0 unspecified atom stereocenters. The molecule has 0 aliphatic heterocycles. The summed E-state index contributed by atoms with van der Waals surface area (Å²) in [5, 5.41) is 8.30. The second kappa shape index (κ2) is 7.77. The first kappa shape index (κ1) is 11.5. The predicted molar refractivity (Wildman–Crippen MR) is 26.3 cm³/mol. The average Bonchev–Trinajstić information content (AvgIpc) is 1.65. The Morgan fingerprint density at radius 1 is 1.57 bits per heavy atom. The summed E-state index contributed by atoms with van der Waals surface area (Å²) < 4.78 is 0. The van der Waals surface area contributed by atoms with Crippen LogP contribution in [0.15, 0.2) is 0 Å². The summed E-state index contributed by atoms with van der Waals surface area (Å²) in [7, 11) is 0. The van der Waals surface area contributed by atoms with Gasteiger partial charge in [0.25, 0.3) is 0 Å². The Labute approximate surface area is 94.3 Å². The third kappa shape index (κ3) is 7.77. The van der Waals surface area contributed by atoms with E-state index in [1.165, 1.54) is 0 Å². The Balaban J connectivity index is 0. The van der Waals surface area contributed by atoms with Crippen molar-refractivity contribution in [1.29, 1.82) is 0 Å². The van der Waals surface area contributed by atoms with Crippen LogP contribution in [0, 0.1) is 5.92 Å². The normalized spacial score (nSPS) is 8.57. The summed E-state index contributed by atoms with van der Waals surface area (Å²) in [4.78, 5) is 0. The van der Waals surface area contributed by atoms with Gasteiger partial charge in [0.15, 0.2) is 0 Å². The van der Waals surface area contributed by atoms with E-state index in [4.69, 9.17) is 5.11 Å². The molecule has 1 nitrogen and oxygen atoms in total. The second-order valence-electron chi connectivity index (χ2n) is 1.47. The van der Waals surface area contributed by atoms with Gasteiger partial charge in [-0.2, -0.15) is 13.3 Å². The van der Waals surface area contributed by atoms with E-state index in [9.17, 15) is 0 Å². The number of hydrogen-bond donors (Lipinski definition) is 1. The van der Waals surface area contributed by atoms with Gasteiger partial charge in [0.1, 0.15) is 0 Å². The van der Waals surface area contributed by atoms with Crippen molar-refractivity contribution in [3.63, 3.8) is 0 Å². The largest absolute Gasteiger partial charge is 1.00 e. The van der Waals surface area contributed by atoms with Crippen LogP contribution in [0.5, 0.6) is 0 Å². The van der Waals surface area contributed by atoms with E-state index < -0.39 is 0 Å². The number of rotatable bonds is 2. The fraction of sp³-hybridized carbons (Fsp3) is 0.800. The molecule has 0 aromatic rings. The van der Waals surface area contributed by atoms with Gasteiger partial charge in [-0.15, -0.1) is 0 Å². The SMILES string of the molecule is CC[C-](C)CO.[Rb+]. The van der Waals surface area contributed by atoms with E-state index >= 15 is 0 Å². The first-order chi connectivity index (χ1) is 2.81. The summed E-state index contributed by atoms with van der Waals surface area (Å²) >= 11 is 0. The maximum atomic E-state index is 8.30. The summed E-state index contributed by atoms with van der Waals surface area (Å²) in [6, 6.07) is 0. The van der Waals surface area contributed by atoms with Crippen molar-refractivity contribution in [2.75, 3.05) is 6.61 Å². The second-order valence-corrected chi connectivity index (χ2v) is 1.47. The third-order valence-electron chi connectivity index (χ3n) is 0.873. The Bertz CT molecular complexity index is 27.3. The first-order valence-corrected chi connectivity index (χ1v) is 2.23. The van der Waals surface area contributed by atoms with Crippen LogP contribution in [0.25, 0.3) is 0 Å². The van der Waals surface area contributed by atoms with Crippen LogP contribution >= 0.6 is 0 Å². The van der Waals surface area contributed by atoms with Crippen LogP contribution < -0.4 is 58.2 Å².